The maximum atomic E-state index is 12.0. The smallest absolute Gasteiger partial charge is 0.311 e. The molecule has 2 rings (SSSR count). The van der Waals surface area contributed by atoms with Crippen molar-refractivity contribution in [3.05, 3.63) is 17.8 Å². The van der Waals surface area contributed by atoms with E-state index < -0.39 is 0 Å². The molecule has 1 aromatic rings. The molecule has 24 heavy (non-hydrogen) atoms. The first kappa shape index (κ1) is 18.5. The molecule has 1 aliphatic rings. The fraction of sp³-hybridized carbons (Fsp3) is 0.722. The van der Waals surface area contributed by atoms with Crippen molar-refractivity contribution in [3.8, 4) is 0 Å². The van der Waals surface area contributed by atoms with Crippen molar-refractivity contribution >= 4 is 11.9 Å². The topological polar surface area (TPSA) is 78.6 Å². The molecule has 0 bridgehead atoms. The lowest BCUT2D eigenvalue weighted by Gasteiger charge is -2.25. The van der Waals surface area contributed by atoms with E-state index in [4.69, 9.17) is 13.9 Å². The van der Waals surface area contributed by atoms with Gasteiger partial charge in [-0.1, -0.05) is 13.3 Å². The van der Waals surface area contributed by atoms with E-state index >= 15 is 0 Å². The number of oxazole rings is 1. The van der Waals surface area contributed by atoms with Crippen molar-refractivity contribution in [2.24, 2.45) is 5.92 Å². The molecule has 1 saturated carbocycles. The molecule has 0 radical (unpaired) electrons. The zero-order valence-corrected chi connectivity index (χ0v) is 14.6. The molecule has 0 spiro atoms. The van der Waals surface area contributed by atoms with Gasteiger partial charge in [0.25, 0.3) is 0 Å². The summed E-state index contributed by atoms with van der Waals surface area (Å²) in [5.74, 6) is 0.494. The zero-order chi connectivity index (χ0) is 17.4. The third-order valence-electron chi connectivity index (χ3n) is 4.35. The molecule has 0 atom stereocenters. The Bertz CT molecular complexity index is 531. The minimum absolute atomic E-state index is 0.00734. The molecule has 1 aliphatic carbocycles. The zero-order valence-electron chi connectivity index (χ0n) is 14.6. The number of carbonyl (C=O) groups is 2. The normalized spacial score (nSPS) is 20.6. The lowest BCUT2D eigenvalue weighted by atomic mass is 9.82. The van der Waals surface area contributed by atoms with Crippen LogP contribution in [0.4, 0.5) is 0 Å². The first-order valence-electron chi connectivity index (χ1n) is 8.90. The Balaban J connectivity index is 1.79. The number of esters is 2. The molecule has 0 unspecified atom stereocenters. The van der Waals surface area contributed by atoms with E-state index in [0.717, 1.165) is 38.5 Å². The van der Waals surface area contributed by atoms with E-state index in [1.165, 1.54) is 6.26 Å². The Hall–Kier alpha value is -1.85. The van der Waals surface area contributed by atoms with E-state index in [1.807, 2.05) is 0 Å². The summed E-state index contributed by atoms with van der Waals surface area (Å²) in [5, 5.41) is 0. The molecular formula is C18H27NO5. The number of nitrogens with zero attached hydrogens (tertiary/aromatic N) is 1. The summed E-state index contributed by atoms with van der Waals surface area (Å²) in [5.41, 5.74) is 0.601. The van der Waals surface area contributed by atoms with Crippen LogP contribution in [0.1, 0.15) is 69.9 Å². The van der Waals surface area contributed by atoms with Crippen LogP contribution in [0, 0.1) is 5.92 Å². The summed E-state index contributed by atoms with van der Waals surface area (Å²) in [4.78, 5) is 27.9. The van der Waals surface area contributed by atoms with Crippen molar-refractivity contribution in [1.82, 2.24) is 4.98 Å². The van der Waals surface area contributed by atoms with Crippen molar-refractivity contribution in [1.29, 1.82) is 0 Å². The molecule has 1 heterocycles. The standard InChI is InChI=1S/C18H27NO5/c1-3-5-10-23-18(21)14-8-6-13(7-9-14)17-19-15(12-24-17)11-16(20)22-4-2/h12-14H,3-11H2,1-2H3. The Kier molecular flexibility index (Phi) is 7.28. The molecular weight excluding hydrogens is 310 g/mol. The highest BCUT2D eigenvalue weighted by molar-refractivity contribution is 5.72. The maximum Gasteiger partial charge on any atom is 0.311 e. The largest absolute Gasteiger partial charge is 0.466 e. The van der Waals surface area contributed by atoms with Gasteiger partial charge in [0.05, 0.1) is 31.2 Å². The molecule has 0 aliphatic heterocycles. The number of hydrogen-bond acceptors (Lipinski definition) is 6. The molecule has 0 N–H and O–H groups in total. The number of aromatic nitrogens is 1. The van der Waals surface area contributed by atoms with Crippen LogP contribution in [0.5, 0.6) is 0 Å². The fourth-order valence-corrected chi connectivity index (χ4v) is 2.96. The first-order chi connectivity index (χ1) is 11.6. The molecule has 6 heteroatoms. The monoisotopic (exact) mass is 337 g/mol. The third kappa shape index (κ3) is 5.35. The second kappa shape index (κ2) is 9.45. The predicted octanol–water partition coefficient (Wildman–Crippen LogP) is 3.40. The summed E-state index contributed by atoms with van der Waals surface area (Å²) < 4.78 is 15.7. The van der Waals surface area contributed by atoms with E-state index in [2.05, 4.69) is 11.9 Å². The van der Waals surface area contributed by atoms with Gasteiger partial charge in [0, 0.05) is 5.92 Å². The minimum Gasteiger partial charge on any atom is -0.466 e. The van der Waals surface area contributed by atoms with Crippen molar-refractivity contribution in [2.45, 2.75) is 64.7 Å². The Morgan fingerprint density at radius 3 is 2.62 bits per heavy atom. The minimum atomic E-state index is -0.295. The summed E-state index contributed by atoms with van der Waals surface area (Å²) >= 11 is 0. The van der Waals surface area contributed by atoms with Crippen LogP contribution < -0.4 is 0 Å². The van der Waals surface area contributed by atoms with Gasteiger partial charge in [-0.25, -0.2) is 4.98 Å². The molecule has 0 amide bonds. The van der Waals surface area contributed by atoms with Gasteiger partial charge in [0.2, 0.25) is 0 Å². The summed E-state index contributed by atoms with van der Waals surface area (Å²) in [7, 11) is 0. The lowest BCUT2D eigenvalue weighted by molar-refractivity contribution is -0.150. The van der Waals surface area contributed by atoms with Gasteiger partial charge < -0.3 is 13.9 Å². The van der Waals surface area contributed by atoms with Crippen LogP contribution in [0.3, 0.4) is 0 Å². The van der Waals surface area contributed by atoms with Gasteiger partial charge in [0.15, 0.2) is 5.89 Å². The van der Waals surface area contributed by atoms with Crippen molar-refractivity contribution in [2.75, 3.05) is 13.2 Å². The highest BCUT2D eigenvalue weighted by Gasteiger charge is 2.30. The van der Waals surface area contributed by atoms with Crippen LogP contribution in [0.15, 0.2) is 10.7 Å². The van der Waals surface area contributed by atoms with Gasteiger partial charge >= 0.3 is 11.9 Å². The number of unbranched alkanes of at least 4 members (excludes halogenated alkanes) is 1. The summed E-state index contributed by atoms with van der Waals surface area (Å²) in [6.07, 6.45) is 6.91. The molecule has 6 nitrogen and oxygen atoms in total. The van der Waals surface area contributed by atoms with Crippen molar-refractivity contribution in [3.63, 3.8) is 0 Å². The lowest BCUT2D eigenvalue weighted by Crippen LogP contribution is -2.23. The average molecular weight is 337 g/mol. The van der Waals surface area contributed by atoms with E-state index in [9.17, 15) is 9.59 Å². The number of rotatable bonds is 8. The summed E-state index contributed by atoms with van der Waals surface area (Å²) in [6.45, 7) is 4.73. The second-order valence-corrected chi connectivity index (χ2v) is 6.23. The fourth-order valence-electron chi connectivity index (χ4n) is 2.96. The van der Waals surface area contributed by atoms with E-state index in [-0.39, 0.29) is 30.2 Å². The second-order valence-electron chi connectivity index (χ2n) is 6.23. The van der Waals surface area contributed by atoms with Crippen LogP contribution in [-0.4, -0.2) is 30.1 Å². The SMILES string of the molecule is CCCCOC(=O)C1CCC(c2nc(CC(=O)OCC)co2)CC1. The molecule has 134 valence electrons. The highest BCUT2D eigenvalue weighted by atomic mass is 16.5. The van der Waals surface area contributed by atoms with E-state index in [0.29, 0.717) is 24.8 Å². The quantitative estimate of drug-likeness (QED) is 0.534. The van der Waals surface area contributed by atoms with Gasteiger partial charge in [-0.3, -0.25) is 9.59 Å². The third-order valence-corrected chi connectivity index (χ3v) is 4.35. The molecule has 1 aromatic heterocycles. The number of hydrogen-bond donors (Lipinski definition) is 0. The first-order valence-corrected chi connectivity index (χ1v) is 8.90. The van der Waals surface area contributed by atoms with Crippen LogP contribution in [-0.2, 0) is 25.5 Å². The Labute approximate surface area is 142 Å². The maximum absolute atomic E-state index is 12.0. The van der Waals surface area contributed by atoms with Gasteiger partial charge in [-0.2, -0.15) is 0 Å². The predicted molar refractivity (Wildman–Crippen MR) is 87.4 cm³/mol. The van der Waals surface area contributed by atoms with E-state index in [1.54, 1.807) is 6.92 Å². The summed E-state index contributed by atoms with van der Waals surface area (Å²) in [6, 6.07) is 0. The van der Waals surface area contributed by atoms with Crippen LogP contribution >= 0.6 is 0 Å². The van der Waals surface area contributed by atoms with Crippen LogP contribution in [0.2, 0.25) is 0 Å². The Morgan fingerprint density at radius 1 is 1.21 bits per heavy atom. The van der Waals surface area contributed by atoms with Gasteiger partial charge in [0.1, 0.15) is 6.26 Å². The molecule has 1 fully saturated rings. The van der Waals surface area contributed by atoms with Crippen molar-refractivity contribution < 1.29 is 23.5 Å². The van der Waals surface area contributed by atoms with Gasteiger partial charge in [-0.15, -0.1) is 0 Å². The van der Waals surface area contributed by atoms with Crippen LogP contribution in [0.25, 0.3) is 0 Å². The highest BCUT2D eigenvalue weighted by Crippen LogP contribution is 2.35. The van der Waals surface area contributed by atoms with Gasteiger partial charge in [-0.05, 0) is 39.0 Å². The number of ether oxygens (including phenoxy) is 2. The Morgan fingerprint density at radius 2 is 1.96 bits per heavy atom. The molecule has 0 aromatic carbocycles. The molecule has 0 saturated heterocycles. The average Bonchev–Trinajstić information content (AvgIpc) is 3.03. The number of carbonyl (C=O) groups excluding carboxylic acids is 2.